The van der Waals surface area contributed by atoms with Gasteiger partial charge in [0.15, 0.2) is 0 Å². The van der Waals surface area contributed by atoms with E-state index in [4.69, 9.17) is 0 Å². The van der Waals surface area contributed by atoms with Crippen molar-refractivity contribution in [2.24, 2.45) is 0 Å². The van der Waals surface area contributed by atoms with Gasteiger partial charge in [-0.15, -0.1) is 11.3 Å². The Bertz CT molecular complexity index is 656. The van der Waals surface area contributed by atoms with Gasteiger partial charge < -0.3 is 20.0 Å². The summed E-state index contributed by atoms with van der Waals surface area (Å²) in [7, 11) is 3.17. The second-order valence-corrected chi connectivity index (χ2v) is 6.92. The van der Waals surface area contributed by atoms with Gasteiger partial charge in [-0.25, -0.2) is 18.1 Å². The van der Waals surface area contributed by atoms with Gasteiger partial charge in [0.2, 0.25) is 11.8 Å². The predicted octanol–water partition coefficient (Wildman–Crippen LogP) is 0.480. The third-order valence-electron chi connectivity index (χ3n) is 4.40. The number of rotatable bonds is 5. The minimum Gasteiger partial charge on any atom is -0.491 e. The number of likely N-dealkylation sites (N-methyl/N-ethyl adjacent to an activating group) is 2. The van der Waals surface area contributed by atoms with Crippen LogP contribution in [0.1, 0.15) is 18.5 Å². The van der Waals surface area contributed by atoms with Crippen LogP contribution in [0.5, 0.6) is 0 Å². The molecule has 0 saturated carbocycles. The number of likely N-dealkylation sites (tertiary alicyclic amines) is 1. The Labute approximate surface area is 221 Å². The van der Waals surface area contributed by atoms with Gasteiger partial charge in [0.05, 0.1) is 11.2 Å². The van der Waals surface area contributed by atoms with E-state index in [1.807, 2.05) is 11.9 Å². The van der Waals surface area contributed by atoms with Crippen LogP contribution in [0.4, 0.5) is 4.79 Å². The molecule has 2 aliphatic rings. The van der Waals surface area contributed by atoms with Crippen molar-refractivity contribution < 1.29 is 88.4 Å². The fraction of sp³-hybridized carbons (Fsp3) is 0.500. The molecule has 0 aliphatic carbocycles. The second-order valence-electron chi connectivity index (χ2n) is 6.20. The van der Waals surface area contributed by atoms with Crippen molar-refractivity contribution in [3.05, 3.63) is 29.7 Å². The first kappa shape index (κ1) is 25.3. The van der Waals surface area contributed by atoms with E-state index < -0.39 is 12.1 Å². The van der Waals surface area contributed by atoms with Crippen LogP contribution >= 0.6 is 11.3 Å². The molecule has 0 aromatic carbocycles. The van der Waals surface area contributed by atoms with Crippen molar-refractivity contribution in [1.29, 1.82) is 0 Å². The molecule has 2 unspecified atom stereocenters. The van der Waals surface area contributed by atoms with Crippen LogP contribution in [-0.2, 0) is 48.7 Å². The van der Waals surface area contributed by atoms with Crippen LogP contribution < -0.4 is 5.32 Å². The predicted molar refractivity (Wildman–Crippen MR) is 92.0 cm³/mol. The average Bonchev–Trinajstić information content (AvgIpc) is 3.33. The first-order valence-electron chi connectivity index (χ1n) is 8.13. The van der Waals surface area contributed by atoms with Gasteiger partial charge in [0.1, 0.15) is 6.04 Å². The summed E-state index contributed by atoms with van der Waals surface area (Å²) in [5.74, 6) is -0.507. The largest absolute Gasteiger partial charge is 0.491 e. The molecule has 11 heteroatoms. The topological polar surface area (TPSA) is 85.8 Å². The molecule has 4 amide bonds. The fourth-order valence-corrected chi connectivity index (χ4v) is 3.56. The molecule has 2 aliphatic heterocycles. The third-order valence-corrected chi connectivity index (χ3v) is 5.04. The van der Waals surface area contributed by atoms with Crippen LogP contribution in [0.15, 0.2) is 10.9 Å². The molecule has 27 heavy (non-hydrogen) atoms. The number of amides is 4. The Hall–Kier alpha value is 0.308. The van der Waals surface area contributed by atoms with Gasteiger partial charge in [0, 0.05) is 98.9 Å². The summed E-state index contributed by atoms with van der Waals surface area (Å²) in [6, 6.07) is -1.67. The first-order chi connectivity index (χ1) is 12.0. The smallest absolute Gasteiger partial charge is 0.288 e. The minimum atomic E-state index is -0.717. The van der Waals surface area contributed by atoms with E-state index in [-0.39, 0.29) is 91.8 Å². The third kappa shape index (κ3) is 6.14. The molecular weight excluding hydrogens is 572 g/mol. The summed E-state index contributed by atoms with van der Waals surface area (Å²) in [6.07, 6.45) is 2.13. The molecule has 1 N–H and O–H groups in total. The number of thiazole rings is 1. The van der Waals surface area contributed by atoms with Crippen LogP contribution in [0.2, 0.25) is 0 Å². The zero-order chi connectivity index (χ0) is 18.0. The standard InChI is InChI=1S/C16H21N5O3S.Pr.Y/c1-19-8-13(20(2)16(19)24)14(22)18-12(7-11-9-25-10-17-11)15(23)21-5-3-4-6-21;;/h5,8-10,12-13H,3-4,6-7H2,1-2H3,(H,18,22);;/q-2;;. The minimum absolute atomic E-state index is 0. The zero-order valence-electron chi connectivity index (χ0n) is 15.4. The molecule has 0 bridgehead atoms. The maximum atomic E-state index is 12.8. The molecule has 2 saturated heterocycles. The molecule has 8 nitrogen and oxygen atoms in total. The summed E-state index contributed by atoms with van der Waals surface area (Å²) in [6.45, 7) is 4.08. The van der Waals surface area contributed by atoms with Crippen molar-refractivity contribution in [1.82, 2.24) is 25.0 Å². The summed E-state index contributed by atoms with van der Waals surface area (Å²) >= 11 is 1.45. The molecule has 3 rings (SSSR count). The number of hydrogen-bond acceptors (Lipinski definition) is 5. The van der Waals surface area contributed by atoms with E-state index in [1.54, 1.807) is 31.1 Å². The Balaban J connectivity index is 0.00000182. The fourth-order valence-electron chi connectivity index (χ4n) is 2.99. The van der Waals surface area contributed by atoms with Crippen molar-refractivity contribution >= 4 is 29.2 Å². The van der Waals surface area contributed by atoms with Gasteiger partial charge in [-0.2, -0.15) is 6.42 Å². The molecule has 3 heterocycles. The molecule has 0 spiro atoms. The number of aromatic nitrogens is 1. The Morgan fingerprint density at radius 2 is 2.19 bits per heavy atom. The Kier molecular flexibility index (Phi) is 10.8. The molecule has 2 atom stereocenters. The zero-order valence-corrected chi connectivity index (χ0v) is 22.7. The molecule has 1 aromatic rings. The van der Waals surface area contributed by atoms with Crippen molar-refractivity contribution in [3.8, 4) is 0 Å². The molecule has 2 fully saturated rings. The number of carbonyl (C=O) groups is 3. The SMILES string of the molecule is CN1[CH-]C(C(=O)NC(Cc2cscn2)C(=O)N2[CH-]CCC2)N(C)C1=O.[Pr].[Y]. The maximum absolute atomic E-state index is 12.8. The van der Waals surface area contributed by atoms with E-state index in [9.17, 15) is 14.4 Å². The molecule has 1 aromatic heterocycles. The van der Waals surface area contributed by atoms with Gasteiger partial charge in [-0.05, 0) is 13.6 Å². The molecular formula is C16H21N5O3PrSY-2. The van der Waals surface area contributed by atoms with E-state index in [0.29, 0.717) is 13.0 Å². The first-order valence-corrected chi connectivity index (χ1v) is 9.07. The normalized spacial score (nSPS) is 20.1. The molecule has 2 radical (unpaired) electrons. The summed E-state index contributed by atoms with van der Waals surface area (Å²) in [5, 5.41) is 4.67. The Morgan fingerprint density at radius 3 is 2.70 bits per heavy atom. The van der Waals surface area contributed by atoms with Gasteiger partial charge in [-0.3, -0.25) is 14.4 Å². The number of nitrogens with one attached hydrogen (secondary N) is 1. The van der Waals surface area contributed by atoms with Gasteiger partial charge in [0.25, 0.3) is 6.03 Å². The molecule has 142 valence electrons. The van der Waals surface area contributed by atoms with Crippen molar-refractivity contribution in [2.75, 3.05) is 20.6 Å². The number of urea groups is 1. The van der Waals surface area contributed by atoms with E-state index in [1.165, 1.54) is 21.1 Å². The quantitative estimate of drug-likeness (QED) is 0.504. The number of hydrogen-bond donors (Lipinski definition) is 1. The van der Waals surface area contributed by atoms with Crippen LogP contribution in [0.3, 0.4) is 0 Å². The monoisotopic (exact) mass is 593 g/mol. The number of carbonyl (C=O) groups excluding carboxylic acids is 3. The summed E-state index contributed by atoms with van der Waals surface area (Å²) < 4.78 is 0. The van der Waals surface area contributed by atoms with Gasteiger partial charge >= 0.3 is 0 Å². The summed E-state index contributed by atoms with van der Waals surface area (Å²) in [5.41, 5.74) is 2.46. The van der Waals surface area contributed by atoms with Crippen LogP contribution in [-0.4, -0.2) is 70.3 Å². The van der Waals surface area contributed by atoms with Gasteiger partial charge in [-0.1, -0.05) is 6.42 Å². The average molecular weight is 593 g/mol. The second kappa shape index (κ2) is 11.5. The van der Waals surface area contributed by atoms with Crippen LogP contribution in [0.25, 0.3) is 0 Å². The van der Waals surface area contributed by atoms with E-state index >= 15 is 0 Å². The summed E-state index contributed by atoms with van der Waals surface area (Å²) in [4.78, 5) is 45.9. The van der Waals surface area contributed by atoms with E-state index in [2.05, 4.69) is 10.3 Å². The Morgan fingerprint density at radius 1 is 1.44 bits per heavy atom. The van der Waals surface area contributed by atoms with E-state index in [0.717, 1.165) is 18.5 Å². The van der Waals surface area contributed by atoms with Crippen molar-refractivity contribution in [2.45, 2.75) is 31.3 Å². The maximum Gasteiger partial charge on any atom is 0.288 e. The number of nitrogens with zero attached hydrogens (tertiary/aromatic N) is 4. The van der Waals surface area contributed by atoms with Crippen molar-refractivity contribution in [3.63, 3.8) is 0 Å². The van der Waals surface area contributed by atoms with Crippen LogP contribution in [0, 0.1) is 54.4 Å².